The SMILES string of the molecule is CCCNC(C)CCNCCCNCCC(C)NCCC. The number of hydrogen-bond acceptors (Lipinski definition) is 4. The predicted octanol–water partition coefficient (Wildman–Crippen LogP) is 2.11. The highest BCUT2D eigenvalue weighted by Gasteiger charge is 2.00. The summed E-state index contributed by atoms with van der Waals surface area (Å²) in [4.78, 5) is 0. The van der Waals surface area contributed by atoms with Crippen LogP contribution in [0.1, 0.15) is 59.8 Å². The van der Waals surface area contributed by atoms with E-state index < -0.39 is 0 Å². The first-order chi connectivity index (χ1) is 10.2. The molecule has 0 bridgehead atoms. The van der Waals surface area contributed by atoms with Crippen molar-refractivity contribution in [3.8, 4) is 0 Å². The maximum atomic E-state index is 3.53. The van der Waals surface area contributed by atoms with Gasteiger partial charge in [-0.25, -0.2) is 0 Å². The fraction of sp³-hybridized carbons (Fsp3) is 1.00. The molecule has 0 rings (SSSR count). The Morgan fingerprint density at radius 2 is 1.05 bits per heavy atom. The molecule has 0 spiro atoms. The molecule has 0 aromatic rings. The Kier molecular flexibility index (Phi) is 16.1. The fourth-order valence-electron chi connectivity index (χ4n) is 2.21. The second-order valence-corrected chi connectivity index (χ2v) is 6.14. The topological polar surface area (TPSA) is 48.1 Å². The maximum absolute atomic E-state index is 3.53. The van der Waals surface area contributed by atoms with Gasteiger partial charge in [-0.3, -0.25) is 0 Å². The van der Waals surface area contributed by atoms with Crippen LogP contribution in [0.4, 0.5) is 0 Å². The maximum Gasteiger partial charge on any atom is 0.00508 e. The lowest BCUT2D eigenvalue weighted by Crippen LogP contribution is -2.32. The smallest absolute Gasteiger partial charge is 0.00508 e. The largest absolute Gasteiger partial charge is 0.317 e. The minimum atomic E-state index is 0.632. The van der Waals surface area contributed by atoms with Gasteiger partial charge in [0.15, 0.2) is 0 Å². The van der Waals surface area contributed by atoms with Crippen LogP contribution in [0.5, 0.6) is 0 Å². The van der Waals surface area contributed by atoms with Gasteiger partial charge in [0.2, 0.25) is 0 Å². The highest BCUT2D eigenvalue weighted by molar-refractivity contribution is 4.63. The number of rotatable bonds is 16. The zero-order chi connectivity index (χ0) is 15.8. The summed E-state index contributed by atoms with van der Waals surface area (Å²) in [5, 5.41) is 14.1. The third-order valence-electron chi connectivity index (χ3n) is 3.70. The van der Waals surface area contributed by atoms with E-state index in [1.165, 1.54) is 32.1 Å². The molecule has 0 heterocycles. The first-order valence-corrected chi connectivity index (χ1v) is 9.08. The Morgan fingerprint density at radius 3 is 1.43 bits per heavy atom. The van der Waals surface area contributed by atoms with E-state index in [1.54, 1.807) is 0 Å². The Morgan fingerprint density at radius 1 is 0.619 bits per heavy atom. The zero-order valence-electron chi connectivity index (χ0n) is 14.9. The molecule has 4 heteroatoms. The van der Waals surface area contributed by atoms with Gasteiger partial charge in [-0.2, -0.15) is 0 Å². The molecule has 0 saturated heterocycles. The molecule has 0 fully saturated rings. The second-order valence-electron chi connectivity index (χ2n) is 6.14. The van der Waals surface area contributed by atoms with Crippen LogP contribution in [0.2, 0.25) is 0 Å². The Hall–Kier alpha value is -0.160. The molecule has 0 aliphatic heterocycles. The Balaban J connectivity index is 3.15. The highest BCUT2D eigenvalue weighted by Crippen LogP contribution is 1.90. The van der Waals surface area contributed by atoms with E-state index in [4.69, 9.17) is 0 Å². The van der Waals surface area contributed by atoms with Crippen molar-refractivity contribution < 1.29 is 0 Å². The quantitative estimate of drug-likeness (QED) is 0.330. The van der Waals surface area contributed by atoms with Gasteiger partial charge in [-0.15, -0.1) is 0 Å². The van der Waals surface area contributed by atoms with Crippen LogP contribution in [-0.4, -0.2) is 51.4 Å². The van der Waals surface area contributed by atoms with Crippen molar-refractivity contribution in [3.63, 3.8) is 0 Å². The second kappa shape index (κ2) is 16.2. The van der Waals surface area contributed by atoms with E-state index in [2.05, 4.69) is 49.0 Å². The summed E-state index contributed by atoms with van der Waals surface area (Å²) >= 11 is 0. The summed E-state index contributed by atoms with van der Waals surface area (Å²) in [7, 11) is 0. The summed E-state index contributed by atoms with van der Waals surface area (Å²) in [6, 6.07) is 1.26. The molecule has 0 amide bonds. The first-order valence-electron chi connectivity index (χ1n) is 9.08. The van der Waals surface area contributed by atoms with Crippen LogP contribution in [0.3, 0.4) is 0 Å². The van der Waals surface area contributed by atoms with Crippen molar-refractivity contribution in [2.45, 2.75) is 71.9 Å². The molecule has 4 N–H and O–H groups in total. The Labute approximate surface area is 133 Å². The van der Waals surface area contributed by atoms with Crippen molar-refractivity contribution in [2.24, 2.45) is 0 Å². The third kappa shape index (κ3) is 16.0. The molecule has 0 aliphatic carbocycles. The predicted molar refractivity (Wildman–Crippen MR) is 95.1 cm³/mol. The van der Waals surface area contributed by atoms with E-state index in [9.17, 15) is 0 Å². The van der Waals surface area contributed by atoms with E-state index >= 15 is 0 Å². The summed E-state index contributed by atoms with van der Waals surface area (Å²) in [5.74, 6) is 0. The highest BCUT2D eigenvalue weighted by atomic mass is 14.9. The molecule has 0 aliphatic rings. The van der Waals surface area contributed by atoms with E-state index in [1.807, 2.05) is 0 Å². The third-order valence-corrected chi connectivity index (χ3v) is 3.70. The Bertz CT molecular complexity index is 179. The molecule has 2 unspecified atom stereocenters. The summed E-state index contributed by atoms with van der Waals surface area (Å²) in [6.07, 6.45) is 6.08. The monoisotopic (exact) mass is 300 g/mol. The van der Waals surface area contributed by atoms with Gasteiger partial charge in [0, 0.05) is 12.1 Å². The lowest BCUT2D eigenvalue weighted by Gasteiger charge is -2.14. The van der Waals surface area contributed by atoms with Gasteiger partial charge in [-0.05, 0) is 85.2 Å². The molecule has 4 nitrogen and oxygen atoms in total. The summed E-state index contributed by atoms with van der Waals surface area (Å²) < 4.78 is 0. The number of nitrogens with one attached hydrogen (secondary N) is 4. The van der Waals surface area contributed by atoms with Gasteiger partial charge in [0.25, 0.3) is 0 Å². The first kappa shape index (κ1) is 20.8. The minimum absolute atomic E-state index is 0.632. The van der Waals surface area contributed by atoms with Crippen molar-refractivity contribution in [1.82, 2.24) is 21.3 Å². The molecule has 0 radical (unpaired) electrons. The molecular formula is C17H40N4. The van der Waals surface area contributed by atoms with E-state index in [-0.39, 0.29) is 0 Å². The van der Waals surface area contributed by atoms with Crippen LogP contribution in [0.25, 0.3) is 0 Å². The molecule has 21 heavy (non-hydrogen) atoms. The van der Waals surface area contributed by atoms with Gasteiger partial charge in [0.1, 0.15) is 0 Å². The van der Waals surface area contributed by atoms with Crippen molar-refractivity contribution in [3.05, 3.63) is 0 Å². The number of hydrogen-bond donors (Lipinski definition) is 4. The van der Waals surface area contributed by atoms with E-state index in [0.717, 1.165) is 39.3 Å². The molecule has 2 atom stereocenters. The van der Waals surface area contributed by atoms with Crippen molar-refractivity contribution in [2.75, 3.05) is 39.3 Å². The van der Waals surface area contributed by atoms with Gasteiger partial charge < -0.3 is 21.3 Å². The van der Waals surface area contributed by atoms with Crippen LogP contribution in [0.15, 0.2) is 0 Å². The fourth-order valence-corrected chi connectivity index (χ4v) is 2.21. The molecular weight excluding hydrogens is 260 g/mol. The van der Waals surface area contributed by atoms with Gasteiger partial charge in [0.05, 0.1) is 0 Å². The van der Waals surface area contributed by atoms with Crippen molar-refractivity contribution >= 4 is 0 Å². The van der Waals surface area contributed by atoms with Crippen LogP contribution >= 0.6 is 0 Å². The molecule has 128 valence electrons. The molecule has 0 aromatic heterocycles. The van der Waals surface area contributed by atoms with Crippen molar-refractivity contribution in [1.29, 1.82) is 0 Å². The van der Waals surface area contributed by atoms with Gasteiger partial charge >= 0.3 is 0 Å². The zero-order valence-corrected chi connectivity index (χ0v) is 14.9. The summed E-state index contributed by atoms with van der Waals surface area (Å²) in [6.45, 7) is 15.7. The van der Waals surface area contributed by atoms with E-state index in [0.29, 0.717) is 12.1 Å². The average molecular weight is 301 g/mol. The molecule has 0 saturated carbocycles. The van der Waals surface area contributed by atoms with Gasteiger partial charge in [-0.1, -0.05) is 13.8 Å². The summed E-state index contributed by atoms with van der Waals surface area (Å²) in [5.41, 5.74) is 0. The average Bonchev–Trinajstić information content (AvgIpc) is 2.49. The van der Waals surface area contributed by atoms with Crippen LogP contribution in [0, 0.1) is 0 Å². The normalized spacial score (nSPS) is 14.3. The molecule has 0 aromatic carbocycles. The lowest BCUT2D eigenvalue weighted by molar-refractivity contribution is 0.476. The van der Waals surface area contributed by atoms with Crippen LogP contribution < -0.4 is 21.3 Å². The lowest BCUT2D eigenvalue weighted by atomic mass is 10.2. The minimum Gasteiger partial charge on any atom is -0.317 e. The standard InChI is InChI=1S/C17H40N4/c1-5-10-20-16(3)8-14-18-12-7-13-19-15-9-17(4)21-11-6-2/h16-21H,5-15H2,1-4H3. The van der Waals surface area contributed by atoms with Crippen LogP contribution in [-0.2, 0) is 0 Å².